The van der Waals surface area contributed by atoms with E-state index in [2.05, 4.69) is 59.3 Å². The number of hydrogen-bond acceptors (Lipinski definition) is 3. The van der Waals surface area contributed by atoms with Crippen LogP contribution in [0.3, 0.4) is 0 Å². The highest BCUT2D eigenvalue weighted by Gasteiger charge is 2.22. The lowest BCUT2D eigenvalue weighted by Gasteiger charge is -2.36. The Bertz CT molecular complexity index is 799. The first-order valence-electron chi connectivity index (χ1n) is 10.3. The minimum Gasteiger partial charge on any atom is -0.372 e. The average molecular weight is 379 g/mol. The molecule has 2 aliphatic rings. The van der Waals surface area contributed by atoms with E-state index in [-0.39, 0.29) is 6.03 Å². The molecule has 2 aromatic rings. The van der Waals surface area contributed by atoms with E-state index >= 15 is 0 Å². The Labute approximate surface area is 167 Å². The van der Waals surface area contributed by atoms with Gasteiger partial charge in [0.05, 0.1) is 0 Å². The molecule has 4 rings (SSSR count). The van der Waals surface area contributed by atoms with Gasteiger partial charge in [-0.3, -0.25) is 0 Å². The van der Waals surface area contributed by atoms with Crippen molar-refractivity contribution in [1.82, 2.24) is 4.90 Å². The molecule has 0 spiro atoms. The van der Waals surface area contributed by atoms with Gasteiger partial charge in [0, 0.05) is 56.3 Å². The highest BCUT2D eigenvalue weighted by molar-refractivity contribution is 5.89. The number of urea groups is 1. The number of carbonyl (C=O) groups is 1. The molecule has 0 atom stereocenters. The van der Waals surface area contributed by atoms with Crippen molar-refractivity contribution in [2.75, 3.05) is 54.4 Å². The van der Waals surface area contributed by atoms with Gasteiger partial charge in [0.2, 0.25) is 0 Å². The molecule has 2 amide bonds. The molecule has 2 fully saturated rings. The fourth-order valence-electron chi connectivity index (χ4n) is 4.27. The summed E-state index contributed by atoms with van der Waals surface area (Å²) in [5.74, 6) is 0. The molecule has 5 heteroatoms. The van der Waals surface area contributed by atoms with Crippen molar-refractivity contribution in [3.8, 4) is 0 Å². The quantitative estimate of drug-likeness (QED) is 0.867. The van der Waals surface area contributed by atoms with E-state index in [1.54, 1.807) is 0 Å². The Morgan fingerprint density at radius 3 is 1.79 bits per heavy atom. The van der Waals surface area contributed by atoms with Crippen molar-refractivity contribution in [2.24, 2.45) is 0 Å². The third-order valence-corrected chi connectivity index (χ3v) is 5.73. The van der Waals surface area contributed by atoms with Crippen molar-refractivity contribution in [2.45, 2.75) is 26.7 Å². The summed E-state index contributed by atoms with van der Waals surface area (Å²) in [5, 5.41) is 3.05. The molecule has 2 aliphatic heterocycles. The Hall–Kier alpha value is -2.69. The van der Waals surface area contributed by atoms with Gasteiger partial charge >= 0.3 is 6.03 Å². The van der Waals surface area contributed by atoms with Crippen LogP contribution in [0, 0.1) is 13.8 Å². The summed E-state index contributed by atoms with van der Waals surface area (Å²) in [7, 11) is 0. The van der Waals surface area contributed by atoms with Crippen molar-refractivity contribution >= 4 is 23.1 Å². The first-order valence-corrected chi connectivity index (χ1v) is 10.3. The zero-order valence-electron chi connectivity index (χ0n) is 16.9. The summed E-state index contributed by atoms with van der Waals surface area (Å²) in [4.78, 5) is 19.4. The first kappa shape index (κ1) is 18.7. The van der Waals surface area contributed by atoms with Gasteiger partial charge < -0.3 is 20.0 Å². The predicted octanol–water partition coefficient (Wildman–Crippen LogP) is 4.26. The van der Waals surface area contributed by atoms with Gasteiger partial charge in [-0.1, -0.05) is 6.07 Å². The molecule has 0 aromatic heterocycles. The molecule has 0 aliphatic carbocycles. The molecule has 0 radical (unpaired) electrons. The molecule has 0 saturated carbocycles. The van der Waals surface area contributed by atoms with E-state index in [1.807, 2.05) is 17.0 Å². The van der Waals surface area contributed by atoms with Crippen LogP contribution in [-0.4, -0.2) is 50.2 Å². The van der Waals surface area contributed by atoms with E-state index in [1.165, 1.54) is 37.3 Å². The number of nitrogens with zero attached hydrogens (tertiary/aromatic N) is 3. The Kier molecular flexibility index (Phi) is 5.42. The second-order valence-corrected chi connectivity index (χ2v) is 7.99. The predicted molar refractivity (Wildman–Crippen MR) is 117 cm³/mol. The van der Waals surface area contributed by atoms with Gasteiger partial charge in [0.1, 0.15) is 0 Å². The second kappa shape index (κ2) is 8.13. The van der Waals surface area contributed by atoms with Crippen LogP contribution in [0.25, 0.3) is 0 Å². The van der Waals surface area contributed by atoms with Gasteiger partial charge in [-0.2, -0.15) is 0 Å². The third-order valence-electron chi connectivity index (χ3n) is 5.73. The maximum absolute atomic E-state index is 12.6. The number of anilines is 3. The maximum Gasteiger partial charge on any atom is 0.321 e. The average Bonchev–Trinajstić information content (AvgIpc) is 3.22. The van der Waals surface area contributed by atoms with E-state index in [4.69, 9.17) is 0 Å². The van der Waals surface area contributed by atoms with Gasteiger partial charge in [-0.15, -0.1) is 0 Å². The van der Waals surface area contributed by atoms with Crippen LogP contribution in [0.15, 0.2) is 42.5 Å². The number of hydrogen-bond donors (Lipinski definition) is 1. The molecule has 2 heterocycles. The fraction of sp³-hybridized carbons (Fsp3) is 0.435. The standard InChI is InChI=1S/C23H30N4O/c1-18-15-19(2)17-20(16-18)24-23(28)27-13-11-26(12-14-27)22-7-5-21(6-8-22)25-9-3-4-10-25/h5-8,15-17H,3-4,9-14H2,1-2H3,(H,24,28). The molecule has 1 N–H and O–H groups in total. The Morgan fingerprint density at radius 2 is 1.25 bits per heavy atom. The van der Waals surface area contributed by atoms with Crippen molar-refractivity contribution in [3.63, 3.8) is 0 Å². The maximum atomic E-state index is 12.6. The lowest BCUT2D eigenvalue weighted by atomic mass is 10.1. The summed E-state index contributed by atoms with van der Waals surface area (Å²) in [6, 6.07) is 15.1. The number of amides is 2. The monoisotopic (exact) mass is 378 g/mol. The summed E-state index contributed by atoms with van der Waals surface area (Å²) < 4.78 is 0. The Balaban J connectivity index is 1.32. The zero-order valence-corrected chi connectivity index (χ0v) is 16.9. The van der Waals surface area contributed by atoms with Crippen LogP contribution in [-0.2, 0) is 0 Å². The minimum atomic E-state index is -0.00553. The first-order chi connectivity index (χ1) is 13.6. The molecule has 2 aromatic carbocycles. The van der Waals surface area contributed by atoms with Gasteiger partial charge in [0.25, 0.3) is 0 Å². The van der Waals surface area contributed by atoms with Gasteiger partial charge in [-0.25, -0.2) is 4.79 Å². The molecule has 2 saturated heterocycles. The lowest BCUT2D eigenvalue weighted by molar-refractivity contribution is 0.208. The number of benzene rings is 2. The van der Waals surface area contributed by atoms with E-state index in [0.717, 1.165) is 43.0 Å². The summed E-state index contributed by atoms with van der Waals surface area (Å²) >= 11 is 0. The van der Waals surface area contributed by atoms with E-state index < -0.39 is 0 Å². The number of aryl methyl sites for hydroxylation is 2. The summed E-state index contributed by atoms with van der Waals surface area (Å²) in [6.45, 7) is 9.66. The van der Waals surface area contributed by atoms with Crippen LogP contribution in [0.4, 0.5) is 21.9 Å². The number of piperazine rings is 1. The van der Waals surface area contributed by atoms with Crippen molar-refractivity contribution in [3.05, 3.63) is 53.6 Å². The minimum absolute atomic E-state index is 0.00553. The molecule has 148 valence electrons. The largest absolute Gasteiger partial charge is 0.372 e. The zero-order chi connectivity index (χ0) is 19.5. The number of rotatable bonds is 3. The topological polar surface area (TPSA) is 38.8 Å². The molecule has 5 nitrogen and oxygen atoms in total. The number of carbonyl (C=O) groups excluding carboxylic acids is 1. The molecule has 28 heavy (non-hydrogen) atoms. The Morgan fingerprint density at radius 1 is 0.750 bits per heavy atom. The smallest absolute Gasteiger partial charge is 0.321 e. The molecule has 0 unspecified atom stereocenters. The molecular formula is C23H30N4O. The van der Waals surface area contributed by atoms with Crippen molar-refractivity contribution < 1.29 is 4.79 Å². The molecular weight excluding hydrogens is 348 g/mol. The second-order valence-electron chi connectivity index (χ2n) is 7.99. The summed E-state index contributed by atoms with van der Waals surface area (Å²) in [6.07, 6.45) is 2.60. The number of nitrogens with one attached hydrogen (secondary N) is 1. The van der Waals surface area contributed by atoms with E-state index in [9.17, 15) is 4.79 Å². The van der Waals surface area contributed by atoms with Crippen LogP contribution in [0.1, 0.15) is 24.0 Å². The van der Waals surface area contributed by atoms with Crippen LogP contribution in [0.5, 0.6) is 0 Å². The van der Waals surface area contributed by atoms with Crippen LogP contribution in [0.2, 0.25) is 0 Å². The lowest BCUT2D eigenvalue weighted by Crippen LogP contribution is -2.50. The summed E-state index contributed by atoms with van der Waals surface area (Å²) in [5.41, 5.74) is 5.78. The fourth-order valence-corrected chi connectivity index (χ4v) is 4.27. The highest BCUT2D eigenvalue weighted by atomic mass is 16.2. The van der Waals surface area contributed by atoms with Crippen LogP contribution >= 0.6 is 0 Å². The SMILES string of the molecule is Cc1cc(C)cc(NC(=O)N2CCN(c3ccc(N4CCCC4)cc3)CC2)c1. The third kappa shape index (κ3) is 4.24. The van der Waals surface area contributed by atoms with E-state index in [0.29, 0.717) is 0 Å². The van der Waals surface area contributed by atoms with Gasteiger partial charge in [0.15, 0.2) is 0 Å². The normalized spacial score (nSPS) is 17.1. The van der Waals surface area contributed by atoms with Crippen LogP contribution < -0.4 is 15.1 Å². The highest BCUT2D eigenvalue weighted by Crippen LogP contribution is 2.24. The van der Waals surface area contributed by atoms with Crippen molar-refractivity contribution in [1.29, 1.82) is 0 Å². The molecule has 0 bridgehead atoms. The van der Waals surface area contributed by atoms with Gasteiger partial charge in [-0.05, 0) is 74.2 Å².